The number of amides is 1. The fraction of sp³-hybridized carbons (Fsp3) is 0.0833. The minimum Gasteiger partial charge on any atom is -0.508 e. The smallest absolute Gasteiger partial charge is 0.255 e. The zero-order valence-electron chi connectivity index (χ0n) is 16.6. The Balaban J connectivity index is 1.67. The van der Waals surface area contributed by atoms with Gasteiger partial charge in [-0.3, -0.25) is 9.36 Å². The van der Waals surface area contributed by atoms with E-state index in [1.807, 2.05) is 34.9 Å². The second kappa shape index (κ2) is 7.28. The molecule has 1 atom stereocenters. The van der Waals surface area contributed by atoms with Crippen molar-refractivity contribution < 1.29 is 14.3 Å². The maximum atomic E-state index is 13.4. The third-order valence-corrected chi connectivity index (χ3v) is 5.41. The van der Waals surface area contributed by atoms with Gasteiger partial charge in [-0.15, -0.1) is 0 Å². The number of para-hydroxylation sites is 3. The summed E-state index contributed by atoms with van der Waals surface area (Å²) < 4.78 is 15.2. The highest BCUT2D eigenvalue weighted by atomic mass is 19.1. The number of fused-ring (bicyclic) bond motifs is 3. The average Bonchev–Trinajstić information content (AvgIpc) is 3.12. The number of anilines is 2. The molecule has 0 spiro atoms. The molecule has 6 nitrogen and oxygen atoms in total. The lowest BCUT2D eigenvalue weighted by atomic mass is 9.93. The average molecular weight is 414 g/mol. The molecule has 3 N–H and O–H groups in total. The van der Waals surface area contributed by atoms with Gasteiger partial charge in [0.25, 0.3) is 5.91 Å². The van der Waals surface area contributed by atoms with Gasteiger partial charge in [0.2, 0.25) is 5.95 Å². The molecule has 0 radical (unpaired) electrons. The number of rotatable bonds is 3. The number of halogens is 1. The Kier molecular flexibility index (Phi) is 4.43. The standard InChI is InChI=1S/C24H19FN4O2/c1-14-21(23(31)27-16-12-10-15(25)11-13-16)22(17-6-2-5-9-20(17)30)29-19-8-4-3-7-18(19)28-24(29)26-14/h2-13,22,30H,1H3,(H,26,28)(H,27,31)/t22-/m0/s1. The quantitative estimate of drug-likeness (QED) is 0.450. The number of hydrogen-bond acceptors (Lipinski definition) is 4. The maximum Gasteiger partial charge on any atom is 0.255 e. The van der Waals surface area contributed by atoms with Crippen molar-refractivity contribution in [1.29, 1.82) is 0 Å². The molecule has 0 unspecified atom stereocenters. The van der Waals surface area contributed by atoms with Gasteiger partial charge in [0.05, 0.1) is 22.6 Å². The van der Waals surface area contributed by atoms with Crippen LogP contribution < -0.4 is 10.6 Å². The van der Waals surface area contributed by atoms with Gasteiger partial charge in [0.1, 0.15) is 11.6 Å². The van der Waals surface area contributed by atoms with Gasteiger partial charge in [-0.1, -0.05) is 30.3 Å². The molecule has 0 saturated carbocycles. The third-order valence-electron chi connectivity index (χ3n) is 5.41. The first kappa shape index (κ1) is 18.9. The van der Waals surface area contributed by atoms with Crippen molar-refractivity contribution in [3.63, 3.8) is 0 Å². The molecule has 5 rings (SSSR count). The van der Waals surface area contributed by atoms with Crippen molar-refractivity contribution in [2.45, 2.75) is 13.0 Å². The van der Waals surface area contributed by atoms with E-state index in [0.29, 0.717) is 28.5 Å². The molecule has 4 aromatic rings. The van der Waals surface area contributed by atoms with E-state index >= 15 is 0 Å². The van der Waals surface area contributed by atoms with Crippen molar-refractivity contribution in [3.05, 3.63) is 95.4 Å². The first-order valence-corrected chi connectivity index (χ1v) is 9.82. The molecule has 0 fully saturated rings. The van der Waals surface area contributed by atoms with Crippen LogP contribution in [0.2, 0.25) is 0 Å². The van der Waals surface area contributed by atoms with Crippen LogP contribution in [0.4, 0.5) is 16.0 Å². The molecular weight excluding hydrogens is 395 g/mol. The Hall–Kier alpha value is -4.13. The highest BCUT2D eigenvalue weighted by Crippen LogP contribution is 2.42. The molecular formula is C24H19FN4O2. The molecule has 3 aromatic carbocycles. The van der Waals surface area contributed by atoms with Gasteiger partial charge in [-0.25, -0.2) is 9.37 Å². The van der Waals surface area contributed by atoms with Crippen LogP contribution >= 0.6 is 0 Å². The van der Waals surface area contributed by atoms with Gasteiger partial charge < -0.3 is 15.7 Å². The zero-order valence-corrected chi connectivity index (χ0v) is 16.6. The predicted molar refractivity (Wildman–Crippen MR) is 117 cm³/mol. The minimum absolute atomic E-state index is 0.0815. The second-order valence-electron chi connectivity index (χ2n) is 7.38. The monoisotopic (exact) mass is 414 g/mol. The number of aromatic nitrogens is 2. The Bertz CT molecular complexity index is 1340. The first-order valence-electron chi connectivity index (χ1n) is 9.82. The van der Waals surface area contributed by atoms with E-state index in [9.17, 15) is 14.3 Å². The highest BCUT2D eigenvalue weighted by Gasteiger charge is 2.35. The number of imidazole rings is 1. The number of carbonyl (C=O) groups excluding carboxylic acids is 1. The number of carbonyl (C=O) groups is 1. The van der Waals surface area contributed by atoms with E-state index in [0.717, 1.165) is 11.0 Å². The maximum absolute atomic E-state index is 13.4. The Morgan fingerprint density at radius 2 is 1.77 bits per heavy atom. The fourth-order valence-electron chi connectivity index (χ4n) is 4.00. The summed E-state index contributed by atoms with van der Waals surface area (Å²) in [5, 5.41) is 16.7. The minimum atomic E-state index is -0.606. The van der Waals surface area contributed by atoms with Crippen molar-refractivity contribution in [2.24, 2.45) is 0 Å². The fourth-order valence-corrected chi connectivity index (χ4v) is 4.00. The lowest BCUT2D eigenvalue weighted by molar-refractivity contribution is -0.113. The largest absolute Gasteiger partial charge is 0.508 e. The summed E-state index contributed by atoms with van der Waals surface area (Å²) in [6.45, 7) is 1.80. The first-order chi connectivity index (χ1) is 15.0. The molecule has 1 aromatic heterocycles. The van der Waals surface area contributed by atoms with Crippen LogP contribution in [0.5, 0.6) is 5.75 Å². The van der Waals surface area contributed by atoms with Gasteiger partial charge in [0, 0.05) is 16.9 Å². The van der Waals surface area contributed by atoms with Crippen LogP contribution in [0, 0.1) is 5.82 Å². The van der Waals surface area contributed by atoms with E-state index in [1.165, 1.54) is 24.3 Å². The van der Waals surface area contributed by atoms with Crippen molar-refractivity contribution in [3.8, 4) is 5.75 Å². The summed E-state index contributed by atoms with van der Waals surface area (Å²) in [5.74, 6) is -0.0640. The summed E-state index contributed by atoms with van der Waals surface area (Å²) in [6, 6.07) is 19.6. The summed E-state index contributed by atoms with van der Waals surface area (Å²) in [4.78, 5) is 18.1. The van der Waals surface area contributed by atoms with Crippen LogP contribution in [-0.2, 0) is 4.79 Å². The molecule has 1 aliphatic heterocycles. The number of phenols is 1. The number of aromatic hydroxyl groups is 1. The van der Waals surface area contributed by atoms with Gasteiger partial charge in [-0.2, -0.15) is 0 Å². The molecule has 0 saturated heterocycles. The van der Waals surface area contributed by atoms with E-state index in [1.54, 1.807) is 25.1 Å². The summed E-state index contributed by atoms with van der Waals surface area (Å²) in [5.41, 5.74) is 3.72. The second-order valence-corrected chi connectivity index (χ2v) is 7.38. The SMILES string of the molecule is CC1=C(C(=O)Nc2ccc(F)cc2)[C@H](c2ccccc2O)n2c(nc3ccccc32)N1. The molecule has 0 aliphatic carbocycles. The number of phenolic OH excluding ortho intramolecular Hbond substituents is 1. The van der Waals surface area contributed by atoms with Gasteiger partial charge in [0.15, 0.2) is 0 Å². The van der Waals surface area contributed by atoms with E-state index in [-0.39, 0.29) is 17.5 Å². The highest BCUT2D eigenvalue weighted by molar-refractivity contribution is 6.06. The molecule has 154 valence electrons. The molecule has 31 heavy (non-hydrogen) atoms. The number of benzene rings is 3. The Labute approximate surface area is 177 Å². The summed E-state index contributed by atoms with van der Waals surface area (Å²) >= 11 is 0. The topological polar surface area (TPSA) is 79.2 Å². The number of hydrogen-bond donors (Lipinski definition) is 3. The van der Waals surface area contributed by atoms with Gasteiger partial charge in [-0.05, 0) is 49.4 Å². The van der Waals surface area contributed by atoms with Crippen LogP contribution in [0.3, 0.4) is 0 Å². The van der Waals surface area contributed by atoms with Crippen LogP contribution in [0.25, 0.3) is 11.0 Å². The molecule has 7 heteroatoms. The van der Waals surface area contributed by atoms with Crippen LogP contribution in [0.1, 0.15) is 18.5 Å². The van der Waals surface area contributed by atoms with E-state index < -0.39 is 6.04 Å². The molecule has 1 amide bonds. The zero-order chi connectivity index (χ0) is 21.5. The summed E-state index contributed by atoms with van der Waals surface area (Å²) in [7, 11) is 0. The lowest BCUT2D eigenvalue weighted by Gasteiger charge is -2.31. The van der Waals surface area contributed by atoms with Crippen molar-refractivity contribution in [2.75, 3.05) is 10.6 Å². The number of nitrogens with one attached hydrogen (secondary N) is 2. The van der Waals surface area contributed by atoms with E-state index in [4.69, 9.17) is 0 Å². The Morgan fingerprint density at radius 1 is 1.06 bits per heavy atom. The van der Waals surface area contributed by atoms with Crippen LogP contribution in [0.15, 0.2) is 84.1 Å². The third kappa shape index (κ3) is 3.20. The van der Waals surface area contributed by atoms with Gasteiger partial charge >= 0.3 is 0 Å². The predicted octanol–water partition coefficient (Wildman–Crippen LogP) is 4.81. The number of allylic oxidation sites excluding steroid dienone is 1. The normalized spacial score (nSPS) is 15.5. The molecule has 1 aliphatic rings. The van der Waals surface area contributed by atoms with Crippen molar-refractivity contribution in [1.82, 2.24) is 9.55 Å². The molecule has 0 bridgehead atoms. The Morgan fingerprint density at radius 3 is 2.55 bits per heavy atom. The molecule has 2 heterocycles. The number of nitrogens with zero attached hydrogens (tertiary/aromatic N) is 2. The van der Waals surface area contributed by atoms with Crippen molar-refractivity contribution >= 4 is 28.6 Å². The van der Waals surface area contributed by atoms with E-state index in [2.05, 4.69) is 15.6 Å². The van der Waals surface area contributed by atoms with Crippen LogP contribution in [-0.4, -0.2) is 20.6 Å². The summed E-state index contributed by atoms with van der Waals surface area (Å²) in [6.07, 6.45) is 0. The lowest BCUT2D eigenvalue weighted by Crippen LogP contribution is -2.31.